The molecule has 2 fully saturated rings. The van der Waals surface area contributed by atoms with Gasteiger partial charge in [-0.15, -0.1) is 0 Å². The lowest BCUT2D eigenvalue weighted by atomic mass is 9.80. The number of rotatable bonds is 6. The maximum absolute atomic E-state index is 13.3. The van der Waals surface area contributed by atoms with E-state index in [1.165, 1.54) is 44.5 Å². The Morgan fingerprint density at radius 2 is 1.83 bits per heavy atom. The Morgan fingerprint density at radius 3 is 2.54 bits per heavy atom. The van der Waals surface area contributed by atoms with Crippen LogP contribution in [-0.4, -0.2) is 62.3 Å². The molecule has 2 heterocycles. The Labute approximate surface area is 145 Å². The minimum atomic E-state index is -0.135. The summed E-state index contributed by atoms with van der Waals surface area (Å²) in [5.41, 5.74) is 1.31. The van der Waals surface area contributed by atoms with Crippen LogP contribution in [0.25, 0.3) is 0 Å². The second-order valence-electron chi connectivity index (χ2n) is 7.27. The van der Waals surface area contributed by atoms with Gasteiger partial charge in [0.15, 0.2) is 0 Å². The molecule has 2 aliphatic rings. The Balaban J connectivity index is 1.68. The highest BCUT2D eigenvalue weighted by atomic mass is 19.1. The summed E-state index contributed by atoms with van der Waals surface area (Å²) >= 11 is 0. The third kappa shape index (κ3) is 4.78. The van der Waals surface area contributed by atoms with Crippen LogP contribution in [0.2, 0.25) is 0 Å². The molecule has 0 spiro atoms. The molecule has 24 heavy (non-hydrogen) atoms. The van der Waals surface area contributed by atoms with Crippen LogP contribution in [0.15, 0.2) is 24.3 Å². The van der Waals surface area contributed by atoms with Gasteiger partial charge < -0.3 is 9.64 Å². The Hall–Kier alpha value is -0.970. The summed E-state index contributed by atoms with van der Waals surface area (Å²) in [5.74, 6) is 1.04. The molecule has 3 rings (SSSR count). The van der Waals surface area contributed by atoms with E-state index in [1.54, 1.807) is 12.1 Å². The van der Waals surface area contributed by atoms with E-state index >= 15 is 0 Å². The monoisotopic (exact) mass is 334 g/mol. The van der Waals surface area contributed by atoms with Gasteiger partial charge in [0.05, 0.1) is 13.2 Å². The van der Waals surface area contributed by atoms with Crippen molar-refractivity contribution in [1.82, 2.24) is 9.80 Å². The van der Waals surface area contributed by atoms with Crippen LogP contribution in [0.5, 0.6) is 0 Å². The topological polar surface area (TPSA) is 15.7 Å². The lowest BCUT2D eigenvalue weighted by Crippen LogP contribution is -2.47. The number of halogens is 1. The molecular formula is C20H31FN2O. The fraction of sp³-hybridized carbons (Fsp3) is 0.700. The van der Waals surface area contributed by atoms with Crippen molar-refractivity contribution in [2.24, 2.45) is 5.92 Å². The van der Waals surface area contributed by atoms with Gasteiger partial charge in [-0.3, -0.25) is 4.90 Å². The summed E-state index contributed by atoms with van der Waals surface area (Å²) in [5, 5.41) is 0. The van der Waals surface area contributed by atoms with Crippen molar-refractivity contribution >= 4 is 0 Å². The largest absolute Gasteiger partial charge is 0.379 e. The predicted molar refractivity (Wildman–Crippen MR) is 95.9 cm³/mol. The molecular weight excluding hydrogens is 303 g/mol. The number of nitrogens with zero attached hydrogens (tertiary/aromatic N) is 2. The van der Waals surface area contributed by atoms with Gasteiger partial charge in [-0.05, 0) is 55.5 Å². The first-order chi connectivity index (χ1) is 11.8. The Bertz CT molecular complexity index is 487. The average molecular weight is 334 g/mol. The summed E-state index contributed by atoms with van der Waals surface area (Å²) in [6.45, 7) is 10.7. The van der Waals surface area contributed by atoms with Gasteiger partial charge in [0.25, 0.3) is 0 Å². The van der Waals surface area contributed by atoms with Crippen LogP contribution in [-0.2, 0) is 4.74 Å². The number of hydrogen-bond acceptors (Lipinski definition) is 3. The molecule has 1 aromatic rings. The fourth-order valence-corrected chi connectivity index (χ4v) is 4.14. The van der Waals surface area contributed by atoms with E-state index in [0.717, 1.165) is 32.8 Å². The fourth-order valence-electron chi connectivity index (χ4n) is 4.14. The predicted octanol–water partition coefficient (Wildman–Crippen LogP) is 3.36. The molecule has 0 radical (unpaired) electrons. The van der Waals surface area contributed by atoms with E-state index in [9.17, 15) is 4.39 Å². The quantitative estimate of drug-likeness (QED) is 0.793. The molecule has 3 nitrogen and oxygen atoms in total. The third-order valence-electron chi connectivity index (χ3n) is 5.54. The van der Waals surface area contributed by atoms with E-state index in [2.05, 4.69) is 16.7 Å². The van der Waals surface area contributed by atoms with E-state index in [0.29, 0.717) is 11.8 Å². The summed E-state index contributed by atoms with van der Waals surface area (Å²) in [4.78, 5) is 5.18. The van der Waals surface area contributed by atoms with Crippen LogP contribution in [0.1, 0.15) is 37.7 Å². The van der Waals surface area contributed by atoms with Crippen molar-refractivity contribution < 1.29 is 9.13 Å². The maximum Gasteiger partial charge on any atom is 0.123 e. The molecule has 0 bridgehead atoms. The molecule has 0 aliphatic carbocycles. The van der Waals surface area contributed by atoms with Crippen molar-refractivity contribution in [1.29, 1.82) is 0 Å². The van der Waals surface area contributed by atoms with Gasteiger partial charge in [0, 0.05) is 26.2 Å². The van der Waals surface area contributed by atoms with Gasteiger partial charge in [0.2, 0.25) is 0 Å². The second-order valence-corrected chi connectivity index (χ2v) is 7.27. The normalized spacial score (nSPS) is 26.6. The number of benzene rings is 1. The van der Waals surface area contributed by atoms with E-state index in [4.69, 9.17) is 4.74 Å². The smallest absolute Gasteiger partial charge is 0.123 e. The van der Waals surface area contributed by atoms with Crippen molar-refractivity contribution in [2.45, 2.75) is 32.1 Å². The van der Waals surface area contributed by atoms with Crippen molar-refractivity contribution in [3.8, 4) is 0 Å². The number of ether oxygens (including phenoxy) is 1. The molecule has 0 amide bonds. The first-order valence-electron chi connectivity index (χ1n) is 9.54. The van der Waals surface area contributed by atoms with Crippen molar-refractivity contribution in [2.75, 3.05) is 52.5 Å². The van der Waals surface area contributed by atoms with Gasteiger partial charge in [-0.25, -0.2) is 4.39 Å². The molecule has 2 saturated heterocycles. The summed E-state index contributed by atoms with van der Waals surface area (Å²) in [6.07, 6.45) is 3.72. The lowest BCUT2D eigenvalue weighted by Gasteiger charge is -2.42. The number of morpholine rings is 1. The molecule has 1 aromatic carbocycles. The van der Waals surface area contributed by atoms with Crippen LogP contribution in [0, 0.1) is 11.7 Å². The van der Waals surface area contributed by atoms with Gasteiger partial charge in [-0.2, -0.15) is 0 Å². The van der Waals surface area contributed by atoms with Crippen LogP contribution in [0.4, 0.5) is 4.39 Å². The number of hydrogen-bond donors (Lipinski definition) is 0. The highest BCUT2D eigenvalue weighted by Crippen LogP contribution is 2.34. The van der Waals surface area contributed by atoms with E-state index < -0.39 is 0 Å². The zero-order chi connectivity index (χ0) is 16.8. The molecule has 2 unspecified atom stereocenters. The zero-order valence-corrected chi connectivity index (χ0v) is 14.9. The maximum atomic E-state index is 13.3. The van der Waals surface area contributed by atoms with E-state index in [1.807, 2.05) is 12.1 Å². The second kappa shape index (κ2) is 8.93. The number of piperidine rings is 1. The average Bonchev–Trinajstić information content (AvgIpc) is 2.62. The minimum absolute atomic E-state index is 0.135. The third-order valence-corrected chi connectivity index (χ3v) is 5.54. The molecule has 0 N–H and O–H groups in total. The van der Waals surface area contributed by atoms with Crippen LogP contribution < -0.4 is 0 Å². The van der Waals surface area contributed by atoms with Crippen LogP contribution in [0.3, 0.4) is 0 Å². The summed E-state index contributed by atoms with van der Waals surface area (Å²) in [6, 6.07) is 7.22. The molecule has 2 aliphatic heterocycles. The van der Waals surface area contributed by atoms with Crippen molar-refractivity contribution in [3.63, 3.8) is 0 Å². The SMILES string of the molecule is CCCCN1CCC(c2ccc(F)cc2)C(CN2CCOCC2)C1. The van der Waals surface area contributed by atoms with Gasteiger partial charge >= 0.3 is 0 Å². The highest BCUT2D eigenvalue weighted by Gasteiger charge is 2.31. The Kier molecular flexibility index (Phi) is 6.64. The molecule has 134 valence electrons. The molecule has 0 aromatic heterocycles. The number of likely N-dealkylation sites (tertiary alicyclic amines) is 1. The van der Waals surface area contributed by atoms with Gasteiger partial charge in [0.1, 0.15) is 5.82 Å². The molecule has 4 heteroatoms. The summed E-state index contributed by atoms with van der Waals surface area (Å²) < 4.78 is 18.8. The summed E-state index contributed by atoms with van der Waals surface area (Å²) in [7, 11) is 0. The van der Waals surface area contributed by atoms with Crippen molar-refractivity contribution in [3.05, 3.63) is 35.6 Å². The Morgan fingerprint density at radius 1 is 1.08 bits per heavy atom. The van der Waals surface area contributed by atoms with E-state index in [-0.39, 0.29) is 5.82 Å². The molecule has 0 saturated carbocycles. The van der Waals surface area contributed by atoms with Gasteiger partial charge in [-0.1, -0.05) is 25.5 Å². The lowest BCUT2D eigenvalue weighted by molar-refractivity contribution is 0.0194. The first kappa shape index (κ1) is 17.8. The standard InChI is InChI=1S/C20H31FN2O/c1-2-3-9-22-10-8-20(17-4-6-19(21)7-5-17)18(15-22)16-23-11-13-24-14-12-23/h4-7,18,20H,2-3,8-16H2,1H3. The molecule has 2 atom stereocenters. The highest BCUT2D eigenvalue weighted by molar-refractivity contribution is 5.22. The van der Waals surface area contributed by atoms with Crippen LogP contribution >= 0.6 is 0 Å². The number of unbranched alkanes of at least 4 members (excludes halogenated alkanes) is 1. The first-order valence-corrected chi connectivity index (χ1v) is 9.54. The minimum Gasteiger partial charge on any atom is -0.379 e. The zero-order valence-electron chi connectivity index (χ0n) is 14.9.